The van der Waals surface area contributed by atoms with Crippen LogP contribution >= 0.6 is 0 Å². The Hall–Kier alpha value is -3.26. The fourth-order valence-corrected chi connectivity index (χ4v) is 3.51. The second-order valence-corrected chi connectivity index (χ2v) is 7.18. The summed E-state index contributed by atoms with van der Waals surface area (Å²) in [6.45, 7) is 3.22. The monoisotopic (exact) mass is 395 g/mol. The van der Waals surface area contributed by atoms with Crippen molar-refractivity contribution < 1.29 is 8.91 Å². The molecular weight excluding hydrogens is 368 g/mol. The van der Waals surface area contributed by atoms with Crippen molar-refractivity contribution in [3.63, 3.8) is 0 Å². The van der Waals surface area contributed by atoms with Crippen molar-refractivity contribution in [1.29, 1.82) is 0 Å². The summed E-state index contributed by atoms with van der Waals surface area (Å²) in [6.07, 6.45) is 3.44. The number of aromatic amines is 1. The molecule has 29 heavy (non-hydrogen) atoms. The second kappa shape index (κ2) is 8.00. The van der Waals surface area contributed by atoms with Crippen molar-refractivity contribution in [3.8, 4) is 0 Å². The molecule has 2 N–H and O–H groups in total. The standard InChI is InChI=1S/C21H24N6O2/c1-14-9-18-19(25-20(14)28)10-15(11-23-18)13-26-5-7-27(8-6-26)16-3-4-17(24-12-16)21(29)22-2/h3-4,9-12H,5-8,13H2,1-2H3,(H,22,29)(H,25,28)/i2D3. The van der Waals surface area contributed by atoms with Gasteiger partial charge in [0.25, 0.3) is 11.5 Å². The van der Waals surface area contributed by atoms with E-state index in [-0.39, 0.29) is 11.3 Å². The van der Waals surface area contributed by atoms with E-state index in [0.29, 0.717) is 5.56 Å². The van der Waals surface area contributed by atoms with E-state index in [4.69, 9.17) is 4.11 Å². The summed E-state index contributed by atoms with van der Waals surface area (Å²) in [5.41, 5.74) is 4.06. The Morgan fingerprint density at radius 1 is 1.21 bits per heavy atom. The summed E-state index contributed by atoms with van der Waals surface area (Å²) in [5.74, 6) is -0.720. The minimum Gasteiger partial charge on any atom is -0.368 e. The minimum atomic E-state index is -2.54. The van der Waals surface area contributed by atoms with Crippen LogP contribution in [0.3, 0.4) is 0 Å². The lowest BCUT2D eigenvalue weighted by molar-refractivity contribution is 0.0958. The number of fused-ring (bicyclic) bond motifs is 1. The van der Waals surface area contributed by atoms with Gasteiger partial charge in [-0.2, -0.15) is 0 Å². The van der Waals surface area contributed by atoms with Gasteiger partial charge in [0.1, 0.15) is 5.69 Å². The highest BCUT2D eigenvalue weighted by Crippen LogP contribution is 2.18. The van der Waals surface area contributed by atoms with Crippen LogP contribution in [0.15, 0.2) is 41.5 Å². The fraction of sp³-hybridized carbons (Fsp3) is 0.333. The van der Waals surface area contributed by atoms with Crippen molar-refractivity contribution in [2.75, 3.05) is 38.1 Å². The molecular formula is C21H24N6O2. The third kappa shape index (κ3) is 4.12. The zero-order valence-electron chi connectivity index (χ0n) is 19.1. The number of pyridine rings is 3. The molecule has 0 radical (unpaired) electrons. The molecule has 0 aliphatic carbocycles. The molecule has 0 unspecified atom stereocenters. The second-order valence-electron chi connectivity index (χ2n) is 7.18. The van der Waals surface area contributed by atoms with Crippen LogP contribution in [0, 0.1) is 6.92 Å². The average molecular weight is 395 g/mol. The summed E-state index contributed by atoms with van der Waals surface area (Å²) >= 11 is 0. The van der Waals surface area contributed by atoms with Gasteiger partial charge in [-0.3, -0.25) is 19.5 Å². The molecule has 0 atom stereocenters. The summed E-state index contributed by atoms with van der Waals surface area (Å²) in [4.78, 5) is 39.7. The maximum Gasteiger partial charge on any atom is 0.269 e. The van der Waals surface area contributed by atoms with Crippen molar-refractivity contribution in [2.24, 2.45) is 0 Å². The summed E-state index contributed by atoms with van der Waals surface area (Å²) in [7, 11) is 0. The Morgan fingerprint density at radius 2 is 2.03 bits per heavy atom. The van der Waals surface area contributed by atoms with E-state index in [9.17, 15) is 9.59 Å². The summed E-state index contributed by atoms with van der Waals surface area (Å²) in [6, 6.07) is 7.08. The molecule has 1 aliphatic rings. The number of hydrogen-bond acceptors (Lipinski definition) is 6. The molecule has 8 nitrogen and oxygen atoms in total. The Labute approximate surface area is 172 Å². The van der Waals surface area contributed by atoms with Crippen LogP contribution in [0.25, 0.3) is 11.0 Å². The van der Waals surface area contributed by atoms with Gasteiger partial charge in [-0.05, 0) is 36.8 Å². The van der Waals surface area contributed by atoms with Crippen molar-refractivity contribution in [3.05, 3.63) is 63.8 Å². The van der Waals surface area contributed by atoms with Gasteiger partial charge in [-0.15, -0.1) is 0 Å². The summed E-state index contributed by atoms with van der Waals surface area (Å²) in [5, 5.41) is 1.93. The van der Waals surface area contributed by atoms with Gasteiger partial charge in [0.2, 0.25) is 0 Å². The topological polar surface area (TPSA) is 94.2 Å². The van der Waals surface area contributed by atoms with Crippen LogP contribution in [-0.4, -0.2) is 58.9 Å². The lowest BCUT2D eigenvalue weighted by Gasteiger charge is -2.36. The molecule has 1 saturated heterocycles. The molecule has 3 aromatic rings. The molecule has 8 heteroatoms. The predicted octanol–water partition coefficient (Wildman–Crippen LogP) is 1.31. The van der Waals surface area contributed by atoms with Crippen LogP contribution < -0.4 is 15.8 Å². The van der Waals surface area contributed by atoms with E-state index in [1.165, 1.54) is 6.07 Å². The Bertz CT molecular complexity index is 1180. The number of piperazine rings is 1. The van der Waals surface area contributed by atoms with Gasteiger partial charge >= 0.3 is 0 Å². The summed E-state index contributed by atoms with van der Waals surface area (Å²) < 4.78 is 21.3. The zero-order chi connectivity index (χ0) is 22.9. The third-order valence-electron chi connectivity index (χ3n) is 5.17. The number of hydrogen-bond donors (Lipinski definition) is 2. The van der Waals surface area contributed by atoms with Crippen LogP contribution in [0.4, 0.5) is 5.69 Å². The number of nitrogens with zero attached hydrogens (tertiary/aromatic N) is 4. The lowest BCUT2D eigenvalue weighted by atomic mass is 10.2. The molecule has 1 fully saturated rings. The lowest BCUT2D eigenvalue weighted by Crippen LogP contribution is -2.46. The normalized spacial score (nSPS) is 16.9. The first-order valence-corrected chi connectivity index (χ1v) is 9.42. The largest absolute Gasteiger partial charge is 0.368 e. The first-order chi connectivity index (χ1) is 15.2. The van der Waals surface area contributed by atoms with Crippen LogP contribution in [0.1, 0.15) is 25.7 Å². The van der Waals surface area contributed by atoms with Crippen LogP contribution in [-0.2, 0) is 6.54 Å². The first-order valence-electron chi connectivity index (χ1n) is 10.9. The minimum absolute atomic E-state index is 0.0700. The molecule has 3 aromatic heterocycles. The molecule has 4 heterocycles. The smallest absolute Gasteiger partial charge is 0.269 e. The highest BCUT2D eigenvalue weighted by Gasteiger charge is 2.18. The number of aryl methyl sites for hydroxylation is 1. The van der Waals surface area contributed by atoms with Gasteiger partial charge in [0.05, 0.1) is 22.9 Å². The molecule has 150 valence electrons. The van der Waals surface area contributed by atoms with E-state index in [2.05, 4.69) is 24.8 Å². The van der Waals surface area contributed by atoms with Gasteiger partial charge in [0, 0.05) is 55.6 Å². The molecule has 1 aliphatic heterocycles. The maximum absolute atomic E-state index is 11.9. The zero-order valence-corrected chi connectivity index (χ0v) is 16.1. The predicted molar refractivity (Wildman–Crippen MR) is 112 cm³/mol. The number of H-pyrrole nitrogens is 1. The Balaban J connectivity index is 1.35. The van der Waals surface area contributed by atoms with Crippen LogP contribution in [0.2, 0.25) is 0 Å². The van der Waals surface area contributed by atoms with Gasteiger partial charge < -0.3 is 15.2 Å². The van der Waals surface area contributed by atoms with Gasteiger partial charge in [0.15, 0.2) is 0 Å². The highest BCUT2D eigenvalue weighted by atomic mass is 16.1. The molecule has 4 rings (SSSR count). The number of carbonyl (C=O) groups is 1. The molecule has 0 bridgehead atoms. The number of carbonyl (C=O) groups excluding carboxylic acids is 1. The molecule has 0 saturated carbocycles. The van der Waals surface area contributed by atoms with Crippen molar-refractivity contribution in [2.45, 2.75) is 13.5 Å². The van der Waals surface area contributed by atoms with E-state index in [1.54, 1.807) is 25.3 Å². The van der Waals surface area contributed by atoms with Crippen LogP contribution in [0.5, 0.6) is 0 Å². The Morgan fingerprint density at radius 3 is 2.76 bits per heavy atom. The number of anilines is 1. The molecule has 0 aromatic carbocycles. The third-order valence-corrected chi connectivity index (χ3v) is 5.17. The Kier molecular flexibility index (Phi) is 4.32. The van der Waals surface area contributed by atoms with Gasteiger partial charge in [-0.25, -0.2) is 4.98 Å². The highest BCUT2D eigenvalue weighted by molar-refractivity contribution is 5.92. The van der Waals surface area contributed by atoms with Crippen molar-refractivity contribution >= 4 is 22.6 Å². The number of rotatable bonds is 4. The van der Waals surface area contributed by atoms with Gasteiger partial charge in [-0.1, -0.05) is 0 Å². The maximum atomic E-state index is 11.9. The van der Waals surface area contributed by atoms with E-state index in [0.717, 1.165) is 55.0 Å². The van der Waals surface area contributed by atoms with Crippen molar-refractivity contribution in [1.82, 2.24) is 25.2 Å². The van der Waals surface area contributed by atoms with E-state index in [1.807, 2.05) is 17.6 Å². The number of aromatic nitrogens is 3. The quantitative estimate of drug-likeness (QED) is 0.692. The van der Waals surface area contributed by atoms with E-state index < -0.39 is 12.9 Å². The fourth-order valence-electron chi connectivity index (χ4n) is 3.51. The SMILES string of the molecule is [2H]C([2H])([2H])NC(=O)c1ccc(N2CCN(Cc3cnc4cc(C)c(=O)[nH]c4c3)CC2)cn1. The molecule has 1 amide bonds. The average Bonchev–Trinajstić information content (AvgIpc) is 2.74. The molecule has 0 spiro atoms. The first kappa shape index (κ1) is 15.6. The van der Waals surface area contributed by atoms with E-state index >= 15 is 0 Å². The number of nitrogens with one attached hydrogen (secondary N) is 2. The number of amides is 1.